The van der Waals surface area contributed by atoms with Crippen LogP contribution in [-0.2, 0) is 10.0 Å². The number of nitrogens with one attached hydrogen (secondary N) is 1. The molecule has 1 aromatic rings. The smallest absolute Gasteiger partial charge is 0.240 e. The summed E-state index contributed by atoms with van der Waals surface area (Å²) in [5, 5.41) is 0.352. The van der Waals surface area contributed by atoms with Crippen LogP contribution in [0.15, 0.2) is 23.1 Å². The van der Waals surface area contributed by atoms with Gasteiger partial charge in [0.1, 0.15) is 0 Å². The Kier molecular flexibility index (Phi) is 6.75. The fraction of sp³-hybridized carbons (Fsp3) is 0.538. The van der Waals surface area contributed by atoms with Gasteiger partial charge in [-0.25, -0.2) is 13.1 Å². The summed E-state index contributed by atoms with van der Waals surface area (Å²) in [7, 11) is -3.52. The number of nitrogens with zero attached hydrogens (tertiary/aromatic N) is 1. The first-order valence-electron chi connectivity index (χ1n) is 6.67. The molecule has 0 saturated carbocycles. The summed E-state index contributed by atoms with van der Waals surface area (Å²) >= 11 is 5.78. The van der Waals surface area contributed by atoms with Crippen LogP contribution in [0.3, 0.4) is 0 Å². The van der Waals surface area contributed by atoms with Crippen molar-refractivity contribution in [1.82, 2.24) is 9.62 Å². The molecule has 0 amide bonds. The maximum atomic E-state index is 12.1. The normalized spacial score (nSPS) is 12.0. The maximum absolute atomic E-state index is 12.1. The molecule has 0 aromatic heterocycles. The van der Waals surface area contributed by atoms with E-state index in [0.717, 1.165) is 26.1 Å². The number of halogens is 1. The lowest BCUT2D eigenvalue weighted by molar-refractivity contribution is 0.300. The second-order valence-corrected chi connectivity index (χ2v) is 6.64. The fourth-order valence-electron chi connectivity index (χ4n) is 1.82. The molecule has 0 atom stereocenters. The van der Waals surface area contributed by atoms with Gasteiger partial charge in [0.05, 0.1) is 15.6 Å². The summed E-state index contributed by atoms with van der Waals surface area (Å²) in [5.74, 6) is 0. The molecule has 0 radical (unpaired) electrons. The van der Waals surface area contributed by atoms with Crippen LogP contribution in [0, 0.1) is 0 Å². The third-order valence-corrected chi connectivity index (χ3v) is 4.92. The second kappa shape index (κ2) is 7.83. The van der Waals surface area contributed by atoms with E-state index in [1.165, 1.54) is 18.2 Å². The molecule has 1 rings (SSSR count). The van der Waals surface area contributed by atoms with Crippen molar-refractivity contribution in [3.05, 3.63) is 23.2 Å². The summed E-state index contributed by atoms with van der Waals surface area (Å²) in [6.07, 6.45) is 0.768. The van der Waals surface area contributed by atoms with Crippen LogP contribution in [0.2, 0.25) is 5.02 Å². The van der Waals surface area contributed by atoms with Gasteiger partial charge >= 0.3 is 0 Å². The number of hydrogen-bond donors (Lipinski definition) is 2. The minimum absolute atomic E-state index is 0.141. The molecule has 7 heteroatoms. The first-order chi connectivity index (χ1) is 9.40. The number of nitrogen functional groups attached to an aromatic ring is 1. The lowest BCUT2D eigenvalue weighted by atomic mass is 10.3. The summed E-state index contributed by atoms with van der Waals surface area (Å²) in [6, 6.07) is 4.31. The highest BCUT2D eigenvalue weighted by Crippen LogP contribution is 2.21. The first-order valence-corrected chi connectivity index (χ1v) is 8.53. The number of benzene rings is 1. The molecule has 0 heterocycles. The topological polar surface area (TPSA) is 75.4 Å². The average Bonchev–Trinajstić information content (AvgIpc) is 2.42. The molecule has 3 N–H and O–H groups in total. The Morgan fingerprint density at radius 3 is 2.50 bits per heavy atom. The lowest BCUT2D eigenvalue weighted by Gasteiger charge is -2.17. The Balaban J connectivity index is 2.55. The molecule has 0 aliphatic carbocycles. The maximum Gasteiger partial charge on any atom is 0.240 e. The van der Waals surface area contributed by atoms with Crippen molar-refractivity contribution < 1.29 is 8.42 Å². The number of sulfonamides is 1. The monoisotopic (exact) mass is 319 g/mol. The third kappa shape index (κ3) is 4.94. The molecular formula is C13H22ClN3O2S. The standard InChI is InChI=1S/C13H22ClN3O2S/c1-3-17(4-2)9-5-8-16-20(18,19)11-6-7-12(14)13(15)10-11/h6-7,10,16H,3-5,8-9,15H2,1-2H3. The highest BCUT2D eigenvalue weighted by molar-refractivity contribution is 7.89. The van der Waals surface area contributed by atoms with Gasteiger partial charge in [0.2, 0.25) is 10.0 Å². The minimum Gasteiger partial charge on any atom is -0.397 e. The van der Waals surface area contributed by atoms with E-state index in [-0.39, 0.29) is 10.6 Å². The number of hydrogen-bond acceptors (Lipinski definition) is 4. The van der Waals surface area contributed by atoms with E-state index < -0.39 is 10.0 Å². The Labute approximate surface area is 126 Å². The van der Waals surface area contributed by atoms with Crippen molar-refractivity contribution in [3.63, 3.8) is 0 Å². The zero-order valence-electron chi connectivity index (χ0n) is 11.9. The zero-order chi connectivity index (χ0) is 15.2. The Morgan fingerprint density at radius 2 is 1.95 bits per heavy atom. The van der Waals surface area contributed by atoms with Crippen molar-refractivity contribution in [2.75, 3.05) is 31.9 Å². The molecule has 0 fully saturated rings. The van der Waals surface area contributed by atoms with Crippen molar-refractivity contribution >= 4 is 27.3 Å². The predicted octanol–water partition coefficient (Wildman–Crippen LogP) is 1.93. The van der Waals surface area contributed by atoms with Gasteiger partial charge < -0.3 is 10.6 Å². The van der Waals surface area contributed by atoms with Crippen molar-refractivity contribution in [2.24, 2.45) is 0 Å². The molecule has 0 bridgehead atoms. The van der Waals surface area contributed by atoms with E-state index in [2.05, 4.69) is 23.5 Å². The van der Waals surface area contributed by atoms with E-state index in [9.17, 15) is 8.42 Å². The quantitative estimate of drug-likeness (QED) is 0.567. The van der Waals surface area contributed by atoms with E-state index in [1.807, 2.05) is 0 Å². The molecule has 1 aromatic carbocycles. The van der Waals surface area contributed by atoms with Crippen LogP contribution < -0.4 is 10.5 Å². The van der Waals surface area contributed by atoms with Gasteiger partial charge in [-0.2, -0.15) is 0 Å². The highest BCUT2D eigenvalue weighted by atomic mass is 35.5. The predicted molar refractivity (Wildman–Crippen MR) is 83.5 cm³/mol. The van der Waals surface area contributed by atoms with Crippen LogP contribution in [0.5, 0.6) is 0 Å². The molecule has 0 saturated heterocycles. The molecule has 0 aliphatic heterocycles. The van der Waals surface area contributed by atoms with E-state index >= 15 is 0 Å². The molecule has 0 aliphatic rings. The number of anilines is 1. The number of nitrogens with two attached hydrogens (primary N) is 1. The van der Waals surface area contributed by atoms with Gasteiger partial charge in [0, 0.05) is 6.54 Å². The van der Waals surface area contributed by atoms with E-state index in [0.29, 0.717) is 11.6 Å². The van der Waals surface area contributed by atoms with Gasteiger partial charge in [0.25, 0.3) is 0 Å². The summed E-state index contributed by atoms with van der Waals surface area (Å²) in [4.78, 5) is 2.39. The Morgan fingerprint density at radius 1 is 1.30 bits per heavy atom. The van der Waals surface area contributed by atoms with Crippen molar-refractivity contribution in [2.45, 2.75) is 25.2 Å². The SMILES string of the molecule is CCN(CC)CCCNS(=O)(=O)c1ccc(Cl)c(N)c1. The van der Waals surface area contributed by atoms with Crippen LogP contribution in [0.25, 0.3) is 0 Å². The van der Waals surface area contributed by atoms with Gasteiger partial charge in [-0.1, -0.05) is 25.4 Å². The van der Waals surface area contributed by atoms with E-state index in [1.54, 1.807) is 0 Å². The average molecular weight is 320 g/mol. The zero-order valence-corrected chi connectivity index (χ0v) is 13.5. The van der Waals surface area contributed by atoms with Crippen LogP contribution in [0.4, 0.5) is 5.69 Å². The summed E-state index contributed by atoms with van der Waals surface area (Å²) in [6.45, 7) is 7.39. The van der Waals surface area contributed by atoms with Gasteiger partial charge in [-0.15, -0.1) is 0 Å². The van der Waals surface area contributed by atoms with Crippen molar-refractivity contribution in [3.8, 4) is 0 Å². The van der Waals surface area contributed by atoms with Crippen LogP contribution in [0.1, 0.15) is 20.3 Å². The molecule has 5 nitrogen and oxygen atoms in total. The first kappa shape index (κ1) is 17.2. The Bertz CT molecular complexity index is 530. The summed E-state index contributed by atoms with van der Waals surface area (Å²) < 4.78 is 26.7. The summed E-state index contributed by atoms with van der Waals surface area (Å²) in [5.41, 5.74) is 5.88. The minimum atomic E-state index is -3.52. The van der Waals surface area contributed by atoms with Gasteiger partial charge in [0.15, 0.2) is 0 Å². The van der Waals surface area contributed by atoms with Gasteiger partial charge in [-0.05, 0) is 44.3 Å². The highest BCUT2D eigenvalue weighted by Gasteiger charge is 2.14. The molecule has 114 valence electrons. The van der Waals surface area contributed by atoms with Crippen LogP contribution in [-0.4, -0.2) is 39.5 Å². The Hall–Kier alpha value is -0.820. The van der Waals surface area contributed by atoms with Crippen molar-refractivity contribution in [1.29, 1.82) is 0 Å². The largest absolute Gasteiger partial charge is 0.397 e. The van der Waals surface area contributed by atoms with Crippen LogP contribution >= 0.6 is 11.6 Å². The lowest BCUT2D eigenvalue weighted by Crippen LogP contribution is -2.30. The third-order valence-electron chi connectivity index (χ3n) is 3.12. The van der Waals surface area contributed by atoms with E-state index in [4.69, 9.17) is 17.3 Å². The molecule has 0 unspecified atom stereocenters. The van der Waals surface area contributed by atoms with Gasteiger partial charge in [-0.3, -0.25) is 0 Å². The number of rotatable bonds is 8. The molecular weight excluding hydrogens is 298 g/mol. The fourth-order valence-corrected chi connectivity index (χ4v) is 3.05. The molecule has 20 heavy (non-hydrogen) atoms. The molecule has 0 spiro atoms. The second-order valence-electron chi connectivity index (χ2n) is 4.46.